The summed E-state index contributed by atoms with van der Waals surface area (Å²) in [7, 11) is 0. The van der Waals surface area contributed by atoms with Crippen LogP contribution in [0.1, 0.15) is 24.4 Å². The molecule has 2 rings (SSSR count). The second-order valence-corrected chi connectivity index (χ2v) is 4.33. The van der Waals surface area contributed by atoms with E-state index in [1.165, 1.54) is 28.5 Å². The molecule has 1 aromatic carbocycles. The van der Waals surface area contributed by atoms with E-state index in [4.69, 9.17) is 0 Å². The Morgan fingerprint density at radius 1 is 1.31 bits per heavy atom. The second kappa shape index (κ2) is 5.17. The summed E-state index contributed by atoms with van der Waals surface area (Å²) in [6, 6.07) is 9.23. The fourth-order valence-electron chi connectivity index (χ4n) is 1.71. The summed E-state index contributed by atoms with van der Waals surface area (Å²) >= 11 is 2.41. The van der Waals surface area contributed by atoms with Gasteiger partial charge in [0, 0.05) is 9.61 Å². The van der Waals surface area contributed by atoms with Crippen LogP contribution in [0.5, 0.6) is 0 Å². The van der Waals surface area contributed by atoms with Crippen LogP contribution in [0, 0.1) is 3.57 Å². The van der Waals surface area contributed by atoms with Crippen molar-refractivity contribution < 1.29 is 0 Å². The normalized spacial score (nSPS) is 21.2. The maximum atomic E-state index is 3.51. The Morgan fingerprint density at radius 3 is 2.69 bits per heavy atom. The van der Waals surface area contributed by atoms with Gasteiger partial charge in [-0.15, -0.1) is 12.4 Å². The lowest BCUT2D eigenvalue weighted by atomic mass is 10.1. The zero-order valence-electron chi connectivity index (χ0n) is 7.29. The fourth-order valence-corrected chi connectivity index (χ4v) is 2.47. The average Bonchev–Trinajstić information content (AvgIpc) is 2.57. The minimum atomic E-state index is 0. The van der Waals surface area contributed by atoms with E-state index in [2.05, 4.69) is 52.2 Å². The molecule has 1 aliphatic heterocycles. The predicted octanol–water partition coefficient (Wildman–Crippen LogP) is 3.14. The molecule has 0 radical (unpaired) electrons. The molecule has 0 aliphatic carbocycles. The molecular weight excluding hydrogens is 296 g/mol. The van der Waals surface area contributed by atoms with Gasteiger partial charge in [-0.1, -0.05) is 18.2 Å². The molecule has 0 saturated carbocycles. The largest absolute Gasteiger partial charge is 0.310 e. The van der Waals surface area contributed by atoms with Gasteiger partial charge >= 0.3 is 0 Å². The third-order valence-corrected chi connectivity index (χ3v) is 3.32. The van der Waals surface area contributed by atoms with Crippen molar-refractivity contribution in [2.75, 3.05) is 6.54 Å². The molecule has 1 aliphatic rings. The van der Waals surface area contributed by atoms with E-state index in [-0.39, 0.29) is 12.4 Å². The summed E-state index contributed by atoms with van der Waals surface area (Å²) in [6.07, 6.45) is 2.61. The van der Waals surface area contributed by atoms with Crippen LogP contribution in [-0.4, -0.2) is 6.54 Å². The molecule has 1 nitrogen and oxygen atoms in total. The first kappa shape index (κ1) is 11.3. The minimum Gasteiger partial charge on any atom is -0.310 e. The average molecular weight is 310 g/mol. The first-order valence-electron chi connectivity index (χ1n) is 4.36. The standard InChI is InChI=1S/C10H12IN.ClH/c11-9-5-2-1-4-8(9)10-6-3-7-12-10;/h1-2,4-5,10,12H,3,6-7H2;1H/t10-;/m1./s1. The maximum Gasteiger partial charge on any atom is 0.0331 e. The minimum absolute atomic E-state index is 0. The van der Waals surface area contributed by atoms with Gasteiger partial charge < -0.3 is 5.32 Å². The van der Waals surface area contributed by atoms with Gasteiger partial charge in [0.2, 0.25) is 0 Å². The van der Waals surface area contributed by atoms with E-state index in [1.807, 2.05) is 0 Å². The van der Waals surface area contributed by atoms with Crippen LogP contribution >= 0.6 is 35.0 Å². The second-order valence-electron chi connectivity index (χ2n) is 3.17. The van der Waals surface area contributed by atoms with Gasteiger partial charge in [-0.2, -0.15) is 0 Å². The molecule has 1 saturated heterocycles. The Labute approximate surface area is 98.9 Å². The molecular formula is C10H13ClIN. The van der Waals surface area contributed by atoms with Crippen molar-refractivity contribution in [3.05, 3.63) is 33.4 Å². The Morgan fingerprint density at radius 2 is 2.08 bits per heavy atom. The van der Waals surface area contributed by atoms with Crippen LogP contribution < -0.4 is 5.32 Å². The van der Waals surface area contributed by atoms with Crippen molar-refractivity contribution in [3.63, 3.8) is 0 Å². The third-order valence-electron chi connectivity index (χ3n) is 2.34. The van der Waals surface area contributed by atoms with Crippen LogP contribution in [0.2, 0.25) is 0 Å². The van der Waals surface area contributed by atoms with Crippen molar-refractivity contribution in [1.82, 2.24) is 5.32 Å². The zero-order valence-corrected chi connectivity index (χ0v) is 10.3. The number of hydrogen-bond acceptors (Lipinski definition) is 1. The fraction of sp³-hybridized carbons (Fsp3) is 0.400. The highest BCUT2D eigenvalue weighted by molar-refractivity contribution is 14.1. The number of hydrogen-bond donors (Lipinski definition) is 1. The molecule has 3 heteroatoms. The molecule has 13 heavy (non-hydrogen) atoms. The van der Waals surface area contributed by atoms with Gasteiger partial charge in [0.15, 0.2) is 0 Å². The third kappa shape index (κ3) is 2.58. The first-order chi connectivity index (χ1) is 5.88. The smallest absolute Gasteiger partial charge is 0.0331 e. The summed E-state index contributed by atoms with van der Waals surface area (Å²) < 4.78 is 1.38. The van der Waals surface area contributed by atoms with Gasteiger partial charge in [0.25, 0.3) is 0 Å². The first-order valence-corrected chi connectivity index (χ1v) is 5.43. The lowest BCUT2D eigenvalue weighted by Gasteiger charge is -2.11. The molecule has 1 N–H and O–H groups in total. The molecule has 72 valence electrons. The number of rotatable bonds is 1. The molecule has 1 fully saturated rings. The van der Waals surface area contributed by atoms with Crippen LogP contribution in [0.15, 0.2) is 24.3 Å². The summed E-state index contributed by atoms with van der Waals surface area (Å²) in [5.41, 5.74) is 1.47. The summed E-state index contributed by atoms with van der Waals surface area (Å²) in [5.74, 6) is 0. The summed E-state index contributed by atoms with van der Waals surface area (Å²) in [5, 5.41) is 3.51. The highest BCUT2D eigenvalue weighted by atomic mass is 127. The number of benzene rings is 1. The Hall–Kier alpha value is 0.200. The lowest BCUT2D eigenvalue weighted by molar-refractivity contribution is 0.644. The molecule has 0 spiro atoms. The van der Waals surface area contributed by atoms with E-state index < -0.39 is 0 Å². The van der Waals surface area contributed by atoms with Gasteiger partial charge in [-0.25, -0.2) is 0 Å². The van der Waals surface area contributed by atoms with Crippen molar-refractivity contribution in [3.8, 4) is 0 Å². The van der Waals surface area contributed by atoms with Crippen LogP contribution in [0.4, 0.5) is 0 Å². The predicted molar refractivity (Wildman–Crippen MR) is 66.4 cm³/mol. The van der Waals surface area contributed by atoms with Crippen molar-refractivity contribution in [1.29, 1.82) is 0 Å². The van der Waals surface area contributed by atoms with Crippen LogP contribution in [0.3, 0.4) is 0 Å². The van der Waals surface area contributed by atoms with E-state index in [0.717, 1.165) is 0 Å². The lowest BCUT2D eigenvalue weighted by Crippen LogP contribution is -2.13. The SMILES string of the molecule is Cl.Ic1ccccc1[C@H]1CCCN1. The summed E-state index contributed by atoms with van der Waals surface area (Å²) in [6.45, 7) is 1.18. The Bertz CT molecular complexity index is 271. The Balaban J connectivity index is 0.000000845. The molecule has 0 aromatic heterocycles. The Kier molecular flexibility index (Phi) is 4.49. The van der Waals surface area contributed by atoms with Crippen LogP contribution in [0.25, 0.3) is 0 Å². The topological polar surface area (TPSA) is 12.0 Å². The maximum absolute atomic E-state index is 3.51. The van der Waals surface area contributed by atoms with E-state index in [1.54, 1.807) is 0 Å². The van der Waals surface area contributed by atoms with Crippen molar-refractivity contribution in [2.45, 2.75) is 18.9 Å². The highest BCUT2D eigenvalue weighted by Gasteiger charge is 2.17. The molecule has 0 unspecified atom stereocenters. The van der Waals surface area contributed by atoms with Crippen LogP contribution in [-0.2, 0) is 0 Å². The quantitative estimate of drug-likeness (QED) is 0.786. The summed E-state index contributed by atoms with van der Waals surface area (Å²) in [4.78, 5) is 0. The molecule has 0 bridgehead atoms. The molecule has 1 aromatic rings. The van der Waals surface area contributed by atoms with Gasteiger partial charge in [-0.05, 0) is 53.6 Å². The van der Waals surface area contributed by atoms with E-state index in [9.17, 15) is 0 Å². The monoisotopic (exact) mass is 309 g/mol. The van der Waals surface area contributed by atoms with Gasteiger partial charge in [-0.3, -0.25) is 0 Å². The molecule has 0 amide bonds. The van der Waals surface area contributed by atoms with Gasteiger partial charge in [0.1, 0.15) is 0 Å². The molecule has 1 atom stereocenters. The van der Waals surface area contributed by atoms with E-state index in [0.29, 0.717) is 6.04 Å². The number of halogens is 2. The van der Waals surface area contributed by atoms with Crippen molar-refractivity contribution in [2.24, 2.45) is 0 Å². The van der Waals surface area contributed by atoms with Crippen molar-refractivity contribution >= 4 is 35.0 Å². The van der Waals surface area contributed by atoms with Gasteiger partial charge in [0.05, 0.1) is 0 Å². The van der Waals surface area contributed by atoms with E-state index >= 15 is 0 Å². The zero-order chi connectivity index (χ0) is 8.39. The molecule has 1 heterocycles. The number of nitrogens with one attached hydrogen (secondary N) is 1. The highest BCUT2D eigenvalue weighted by Crippen LogP contribution is 2.26.